The minimum absolute atomic E-state index is 0.194. The highest BCUT2D eigenvalue weighted by Crippen LogP contribution is 2.13. The van der Waals surface area contributed by atoms with Gasteiger partial charge in [-0.25, -0.2) is 9.97 Å². The molecule has 0 spiro atoms. The molecule has 7 nitrogen and oxygen atoms in total. The van der Waals surface area contributed by atoms with E-state index in [1.54, 1.807) is 19.4 Å². The van der Waals surface area contributed by atoms with E-state index in [2.05, 4.69) is 20.6 Å². The highest BCUT2D eigenvalue weighted by Gasteiger charge is 2.08. The fraction of sp³-hybridized carbons (Fsp3) is 0.389. The Balaban J connectivity index is 1.85. The molecule has 2 aromatic rings. The topological polar surface area (TPSA) is 79.4 Å². The number of ether oxygens (including phenoxy) is 1. The lowest BCUT2D eigenvalue weighted by Crippen LogP contribution is -2.32. The van der Waals surface area contributed by atoms with Crippen LogP contribution in [0.2, 0.25) is 0 Å². The second-order valence-corrected chi connectivity index (χ2v) is 5.85. The number of amides is 1. The highest BCUT2D eigenvalue weighted by molar-refractivity contribution is 5.92. The number of carbonyl (C=O) groups excluding carboxylic acids is 1. The van der Waals surface area contributed by atoms with E-state index in [0.717, 1.165) is 24.3 Å². The van der Waals surface area contributed by atoms with Gasteiger partial charge < -0.3 is 20.3 Å². The monoisotopic (exact) mass is 343 g/mol. The first-order valence-electron chi connectivity index (χ1n) is 8.21. The first-order valence-corrected chi connectivity index (χ1v) is 8.21. The van der Waals surface area contributed by atoms with Gasteiger partial charge in [0.2, 0.25) is 5.95 Å². The zero-order chi connectivity index (χ0) is 18.1. The van der Waals surface area contributed by atoms with Crippen LogP contribution < -0.4 is 15.4 Å². The highest BCUT2D eigenvalue weighted by atomic mass is 16.5. The van der Waals surface area contributed by atoms with Gasteiger partial charge in [-0.2, -0.15) is 0 Å². The molecule has 25 heavy (non-hydrogen) atoms. The van der Waals surface area contributed by atoms with Crippen LogP contribution in [0.4, 0.5) is 5.95 Å². The standard InChI is InChI=1S/C18H25N5O2/c1-23(2)12-11-19-17(24)16-8-10-21-18(22-16)20-9-7-14-5-4-6-15(13-14)25-3/h4-6,8,10,13H,7,9,11-12H2,1-3H3,(H,19,24)(H,20,21,22). The zero-order valence-electron chi connectivity index (χ0n) is 15.0. The van der Waals surface area contributed by atoms with E-state index in [9.17, 15) is 4.79 Å². The number of nitrogens with one attached hydrogen (secondary N) is 2. The molecule has 134 valence electrons. The molecule has 0 saturated carbocycles. The van der Waals surface area contributed by atoms with Crippen LogP contribution in [0.5, 0.6) is 5.75 Å². The van der Waals surface area contributed by atoms with Crippen molar-refractivity contribution in [1.82, 2.24) is 20.2 Å². The molecule has 2 rings (SSSR count). The number of hydrogen-bond donors (Lipinski definition) is 2. The van der Waals surface area contributed by atoms with E-state index in [4.69, 9.17) is 4.74 Å². The number of nitrogens with zero attached hydrogens (tertiary/aromatic N) is 3. The summed E-state index contributed by atoms with van der Waals surface area (Å²) in [6, 6.07) is 9.52. The normalized spacial score (nSPS) is 10.6. The lowest BCUT2D eigenvalue weighted by molar-refractivity contribution is 0.0946. The molecule has 1 amide bonds. The van der Waals surface area contributed by atoms with E-state index in [1.165, 1.54) is 0 Å². The van der Waals surface area contributed by atoms with Crippen molar-refractivity contribution in [1.29, 1.82) is 0 Å². The predicted octanol–water partition coefficient (Wildman–Crippen LogP) is 1.43. The summed E-state index contributed by atoms with van der Waals surface area (Å²) in [7, 11) is 5.57. The Morgan fingerprint density at radius 2 is 2.08 bits per heavy atom. The molecule has 0 fully saturated rings. The van der Waals surface area contributed by atoms with E-state index >= 15 is 0 Å². The van der Waals surface area contributed by atoms with Crippen molar-refractivity contribution < 1.29 is 9.53 Å². The van der Waals surface area contributed by atoms with Crippen molar-refractivity contribution in [3.8, 4) is 5.75 Å². The Labute approximate surface area is 148 Å². The molecular formula is C18H25N5O2. The van der Waals surface area contributed by atoms with Crippen molar-refractivity contribution >= 4 is 11.9 Å². The number of benzene rings is 1. The summed E-state index contributed by atoms with van der Waals surface area (Å²) >= 11 is 0. The van der Waals surface area contributed by atoms with Crippen molar-refractivity contribution in [2.45, 2.75) is 6.42 Å². The van der Waals surface area contributed by atoms with Gasteiger partial charge in [-0.1, -0.05) is 12.1 Å². The summed E-state index contributed by atoms with van der Waals surface area (Å²) in [4.78, 5) is 22.5. The fourth-order valence-corrected chi connectivity index (χ4v) is 2.20. The molecule has 0 aliphatic rings. The van der Waals surface area contributed by atoms with Crippen LogP contribution in [-0.2, 0) is 6.42 Å². The molecule has 0 unspecified atom stereocenters. The summed E-state index contributed by atoms with van der Waals surface area (Å²) in [5.74, 6) is 1.09. The van der Waals surface area contributed by atoms with Gasteiger partial charge in [0.05, 0.1) is 7.11 Å². The summed E-state index contributed by atoms with van der Waals surface area (Å²) in [5.41, 5.74) is 1.52. The van der Waals surface area contributed by atoms with Crippen LogP contribution in [0.25, 0.3) is 0 Å². The van der Waals surface area contributed by atoms with Gasteiger partial charge in [0.1, 0.15) is 11.4 Å². The van der Waals surface area contributed by atoms with Gasteiger partial charge in [-0.05, 0) is 44.3 Å². The van der Waals surface area contributed by atoms with E-state index in [1.807, 2.05) is 43.3 Å². The number of hydrogen-bond acceptors (Lipinski definition) is 6. The van der Waals surface area contributed by atoms with E-state index in [0.29, 0.717) is 24.7 Å². The molecule has 0 aliphatic heterocycles. The molecule has 0 saturated heterocycles. The third-order valence-electron chi connectivity index (χ3n) is 3.56. The van der Waals surface area contributed by atoms with Crippen LogP contribution in [0.3, 0.4) is 0 Å². The molecule has 0 aliphatic carbocycles. The first-order chi connectivity index (χ1) is 12.1. The third-order valence-corrected chi connectivity index (χ3v) is 3.56. The van der Waals surface area contributed by atoms with Crippen molar-refractivity contribution in [3.05, 3.63) is 47.8 Å². The molecule has 1 aromatic carbocycles. The van der Waals surface area contributed by atoms with Gasteiger partial charge in [-0.15, -0.1) is 0 Å². The smallest absolute Gasteiger partial charge is 0.270 e. The number of rotatable bonds is 9. The Bertz CT molecular complexity index is 691. The van der Waals surface area contributed by atoms with Crippen LogP contribution in [-0.4, -0.2) is 61.6 Å². The van der Waals surface area contributed by atoms with Gasteiger partial charge >= 0.3 is 0 Å². The number of aromatic nitrogens is 2. The summed E-state index contributed by atoms with van der Waals surface area (Å²) in [6.45, 7) is 2.02. The molecule has 0 radical (unpaired) electrons. The predicted molar refractivity (Wildman–Crippen MR) is 98.1 cm³/mol. The lowest BCUT2D eigenvalue weighted by atomic mass is 10.1. The minimum atomic E-state index is -0.194. The van der Waals surface area contributed by atoms with Gasteiger partial charge in [-0.3, -0.25) is 4.79 Å². The zero-order valence-corrected chi connectivity index (χ0v) is 15.0. The number of carbonyl (C=O) groups is 1. The fourth-order valence-electron chi connectivity index (χ4n) is 2.20. The molecular weight excluding hydrogens is 318 g/mol. The van der Waals surface area contributed by atoms with Gasteiger partial charge in [0.25, 0.3) is 5.91 Å². The number of anilines is 1. The average molecular weight is 343 g/mol. The Hall–Kier alpha value is -2.67. The van der Waals surface area contributed by atoms with E-state index < -0.39 is 0 Å². The number of likely N-dealkylation sites (N-methyl/N-ethyl adjacent to an activating group) is 1. The molecule has 1 aromatic heterocycles. The van der Waals surface area contributed by atoms with Gasteiger partial charge in [0, 0.05) is 25.8 Å². The molecule has 7 heteroatoms. The maximum atomic E-state index is 12.1. The van der Waals surface area contributed by atoms with Crippen molar-refractivity contribution in [3.63, 3.8) is 0 Å². The molecule has 1 heterocycles. The van der Waals surface area contributed by atoms with Crippen molar-refractivity contribution in [2.75, 3.05) is 46.2 Å². The average Bonchev–Trinajstić information content (AvgIpc) is 2.62. The Kier molecular flexibility index (Phi) is 7.16. The summed E-state index contributed by atoms with van der Waals surface area (Å²) in [5, 5.41) is 5.99. The van der Waals surface area contributed by atoms with E-state index in [-0.39, 0.29) is 5.91 Å². The van der Waals surface area contributed by atoms with Crippen LogP contribution in [0.1, 0.15) is 16.1 Å². The first kappa shape index (κ1) is 18.7. The maximum Gasteiger partial charge on any atom is 0.270 e. The Morgan fingerprint density at radius 1 is 1.24 bits per heavy atom. The second kappa shape index (κ2) is 9.58. The van der Waals surface area contributed by atoms with Crippen LogP contribution >= 0.6 is 0 Å². The van der Waals surface area contributed by atoms with Crippen molar-refractivity contribution in [2.24, 2.45) is 0 Å². The number of methoxy groups -OCH3 is 1. The maximum absolute atomic E-state index is 12.1. The van der Waals surface area contributed by atoms with Crippen LogP contribution in [0, 0.1) is 0 Å². The lowest BCUT2D eigenvalue weighted by Gasteiger charge is -2.10. The minimum Gasteiger partial charge on any atom is -0.497 e. The third kappa shape index (κ3) is 6.39. The van der Waals surface area contributed by atoms with Gasteiger partial charge in [0.15, 0.2) is 0 Å². The van der Waals surface area contributed by atoms with Crippen LogP contribution in [0.15, 0.2) is 36.5 Å². The molecule has 2 N–H and O–H groups in total. The second-order valence-electron chi connectivity index (χ2n) is 5.85. The SMILES string of the molecule is COc1cccc(CCNc2nccc(C(=O)NCCN(C)C)n2)c1. The Morgan fingerprint density at radius 3 is 2.84 bits per heavy atom. The molecule has 0 bridgehead atoms. The summed E-state index contributed by atoms with van der Waals surface area (Å²) < 4.78 is 5.22. The molecule has 0 atom stereocenters. The largest absolute Gasteiger partial charge is 0.497 e. The summed E-state index contributed by atoms with van der Waals surface area (Å²) in [6.07, 6.45) is 2.39. The quantitative estimate of drug-likeness (QED) is 0.717.